The molecule has 0 aliphatic carbocycles. The second-order valence-corrected chi connectivity index (χ2v) is 5.19. The monoisotopic (exact) mass is 317 g/mol. The highest BCUT2D eigenvalue weighted by Crippen LogP contribution is 2.22. The molecule has 1 N–H and O–H groups in total. The van der Waals surface area contributed by atoms with Crippen LogP contribution in [0.4, 0.5) is 0 Å². The Morgan fingerprint density at radius 2 is 2.41 bits per heavy atom. The number of amides is 1. The summed E-state index contributed by atoms with van der Waals surface area (Å²) >= 11 is 5.98. The number of halogens is 1. The number of nitrogens with zero attached hydrogens (tertiary/aromatic N) is 4. The van der Waals surface area contributed by atoms with E-state index in [1.807, 2.05) is 6.07 Å². The van der Waals surface area contributed by atoms with Gasteiger partial charge in [0.15, 0.2) is 5.82 Å². The summed E-state index contributed by atoms with van der Waals surface area (Å²) in [6, 6.07) is 6.63. The minimum atomic E-state index is -0.325. The number of nitrogens with one attached hydrogen (secondary N) is 1. The van der Waals surface area contributed by atoms with Gasteiger partial charge in [-0.25, -0.2) is 4.98 Å². The molecule has 2 aromatic rings. The van der Waals surface area contributed by atoms with Gasteiger partial charge in [-0.3, -0.25) is 9.89 Å². The van der Waals surface area contributed by atoms with Gasteiger partial charge in [0.25, 0.3) is 5.91 Å². The number of aromatic amines is 1. The van der Waals surface area contributed by atoms with Crippen molar-refractivity contribution in [3.8, 4) is 6.07 Å². The predicted octanol–water partition coefficient (Wildman–Crippen LogP) is 1.54. The summed E-state index contributed by atoms with van der Waals surface area (Å²) < 4.78 is 5.60. The Kier molecular flexibility index (Phi) is 4.04. The van der Waals surface area contributed by atoms with Crippen LogP contribution in [0.5, 0.6) is 0 Å². The van der Waals surface area contributed by atoms with Gasteiger partial charge in [-0.05, 0) is 18.2 Å². The first-order chi connectivity index (χ1) is 10.7. The maximum absolute atomic E-state index is 12.5. The van der Waals surface area contributed by atoms with Crippen molar-refractivity contribution < 1.29 is 9.53 Å². The Bertz CT molecular complexity index is 725. The van der Waals surface area contributed by atoms with Crippen LogP contribution in [0.15, 0.2) is 24.5 Å². The number of morpholine rings is 1. The number of benzene rings is 1. The zero-order valence-corrected chi connectivity index (χ0v) is 12.2. The average Bonchev–Trinajstić information content (AvgIpc) is 3.09. The second kappa shape index (κ2) is 6.13. The van der Waals surface area contributed by atoms with E-state index < -0.39 is 0 Å². The fraction of sp³-hybridized carbons (Fsp3) is 0.286. The van der Waals surface area contributed by atoms with E-state index in [2.05, 4.69) is 15.2 Å². The zero-order valence-electron chi connectivity index (χ0n) is 11.5. The van der Waals surface area contributed by atoms with Crippen LogP contribution in [0, 0.1) is 11.3 Å². The molecule has 1 atom stereocenters. The largest absolute Gasteiger partial charge is 0.367 e. The number of hydrogen-bond acceptors (Lipinski definition) is 5. The predicted molar refractivity (Wildman–Crippen MR) is 77.1 cm³/mol. The second-order valence-electron chi connectivity index (χ2n) is 4.79. The molecule has 22 heavy (non-hydrogen) atoms. The third-order valence-electron chi connectivity index (χ3n) is 3.43. The standard InChI is InChI=1S/C14H12ClN5O2/c15-11-5-9(1-2-10(11)6-16)14(21)20-3-4-22-12(7-20)13-17-8-18-19-13/h1-2,5,8,12H,3-4,7H2,(H,17,18,19). The summed E-state index contributed by atoms with van der Waals surface area (Å²) in [5, 5.41) is 15.7. The van der Waals surface area contributed by atoms with E-state index in [1.165, 1.54) is 12.4 Å². The highest BCUT2D eigenvalue weighted by molar-refractivity contribution is 6.32. The summed E-state index contributed by atoms with van der Waals surface area (Å²) in [4.78, 5) is 18.3. The van der Waals surface area contributed by atoms with Crippen molar-refractivity contribution in [3.05, 3.63) is 46.5 Å². The van der Waals surface area contributed by atoms with Crippen molar-refractivity contribution >= 4 is 17.5 Å². The van der Waals surface area contributed by atoms with E-state index >= 15 is 0 Å². The molecule has 1 unspecified atom stereocenters. The Morgan fingerprint density at radius 1 is 1.55 bits per heavy atom. The van der Waals surface area contributed by atoms with E-state index in [9.17, 15) is 4.79 Å². The topological polar surface area (TPSA) is 94.9 Å². The van der Waals surface area contributed by atoms with Crippen LogP contribution in [0.2, 0.25) is 5.02 Å². The molecular formula is C14H12ClN5O2. The molecule has 0 bridgehead atoms. The molecule has 7 nitrogen and oxygen atoms in total. The molecule has 1 aromatic carbocycles. The summed E-state index contributed by atoms with van der Waals surface area (Å²) in [6.07, 6.45) is 1.08. The van der Waals surface area contributed by atoms with Gasteiger partial charge in [0.05, 0.1) is 23.7 Å². The Hall–Kier alpha value is -2.43. The smallest absolute Gasteiger partial charge is 0.254 e. The Labute approximate surface area is 131 Å². The summed E-state index contributed by atoms with van der Waals surface area (Å²) in [7, 11) is 0. The van der Waals surface area contributed by atoms with Gasteiger partial charge < -0.3 is 9.64 Å². The van der Waals surface area contributed by atoms with Crippen molar-refractivity contribution in [1.82, 2.24) is 20.1 Å². The molecule has 2 heterocycles. The third kappa shape index (κ3) is 2.79. The van der Waals surface area contributed by atoms with E-state index in [1.54, 1.807) is 17.0 Å². The lowest BCUT2D eigenvalue weighted by atomic mass is 10.1. The van der Waals surface area contributed by atoms with E-state index in [0.29, 0.717) is 36.6 Å². The maximum atomic E-state index is 12.5. The lowest BCUT2D eigenvalue weighted by molar-refractivity contribution is -0.0266. The molecule has 3 rings (SSSR count). The van der Waals surface area contributed by atoms with E-state index in [0.717, 1.165) is 0 Å². The first-order valence-corrected chi connectivity index (χ1v) is 7.02. The molecule has 0 saturated carbocycles. The van der Waals surface area contributed by atoms with Gasteiger partial charge in [0, 0.05) is 12.1 Å². The molecule has 1 aliphatic heterocycles. The SMILES string of the molecule is N#Cc1ccc(C(=O)N2CCOC(c3ncn[nH]3)C2)cc1Cl. The molecule has 1 saturated heterocycles. The minimum Gasteiger partial charge on any atom is -0.367 e. The van der Waals surface area contributed by atoms with Crippen LogP contribution in [0.25, 0.3) is 0 Å². The number of H-pyrrole nitrogens is 1. The minimum absolute atomic E-state index is 0.154. The third-order valence-corrected chi connectivity index (χ3v) is 3.74. The lowest BCUT2D eigenvalue weighted by Crippen LogP contribution is -2.42. The molecule has 8 heteroatoms. The summed E-state index contributed by atoms with van der Waals surface area (Å²) in [6.45, 7) is 1.29. The Balaban J connectivity index is 1.77. The number of rotatable bonds is 2. The highest BCUT2D eigenvalue weighted by atomic mass is 35.5. The number of hydrogen-bond donors (Lipinski definition) is 1. The fourth-order valence-corrected chi connectivity index (χ4v) is 2.51. The average molecular weight is 318 g/mol. The van der Waals surface area contributed by atoms with Crippen molar-refractivity contribution in [2.45, 2.75) is 6.10 Å². The van der Waals surface area contributed by atoms with Crippen molar-refractivity contribution in [2.24, 2.45) is 0 Å². The van der Waals surface area contributed by atoms with Crippen molar-refractivity contribution in [1.29, 1.82) is 5.26 Å². The molecule has 112 valence electrons. The number of aromatic nitrogens is 3. The number of nitriles is 1. The maximum Gasteiger partial charge on any atom is 0.254 e. The molecule has 0 radical (unpaired) electrons. The van der Waals surface area contributed by atoms with E-state index in [4.69, 9.17) is 21.6 Å². The van der Waals surface area contributed by atoms with Crippen LogP contribution in [0.3, 0.4) is 0 Å². The number of ether oxygens (including phenoxy) is 1. The number of carbonyl (C=O) groups excluding carboxylic acids is 1. The molecule has 1 fully saturated rings. The van der Waals surface area contributed by atoms with Crippen LogP contribution in [0.1, 0.15) is 27.8 Å². The van der Waals surface area contributed by atoms with Crippen molar-refractivity contribution in [3.63, 3.8) is 0 Å². The molecule has 1 aliphatic rings. The van der Waals surface area contributed by atoms with Gasteiger partial charge in [0.1, 0.15) is 18.5 Å². The van der Waals surface area contributed by atoms with Crippen LogP contribution in [-0.2, 0) is 4.74 Å². The van der Waals surface area contributed by atoms with Crippen LogP contribution < -0.4 is 0 Å². The first-order valence-electron chi connectivity index (χ1n) is 6.65. The number of carbonyl (C=O) groups is 1. The van der Waals surface area contributed by atoms with Gasteiger partial charge >= 0.3 is 0 Å². The Morgan fingerprint density at radius 3 is 3.09 bits per heavy atom. The molecular weight excluding hydrogens is 306 g/mol. The first kappa shape index (κ1) is 14.5. The van der Waals surface area contributed by atoms with Crippen LogP contribution >= 0.6 is 11.6 Å². The highest BCUT2D eigenvalue weighted by Gasteiger charge is 2.28. The normalized spacial score (nSPS) is 18.0. The van der Waals surface area contributed by atoms with E-state index in [-0.39, 0.29) is 17.0 Å². The van der Waals surface area contributed by atoms with Gasteiger partial charge in [-0.1, -0.05) is 11.6 Å². The molecule has 1 aromatic heterocycles. The molecule has 0 spiro atoms. The summed E-state index contributed by atoms with van der Waals surface area (Å²) in [5.74, 6) is 0.439. The zero-order chi connectivity index (χ0) is 15.5. The fourth-order valence-electron chi connectivity index (χ4n) is 2.29. The van der Waals surface area contributed by atoms with Gasteiger partial charge in [0.2, 0.25) is 0 Å². The van der Waals surface area contributed by atoms with Gasteiger partial charge in [-0.15, -0.1) is 0 Å². The summed E-state index contributed by atoms with van der Waals surface area (Å²) in [5.41, 5.74) is 0.793. The van der Waals surface area contributed by atoms with Crippen molar-refractivity contribution in [2.75, 3.05) is 19.7 Å². The van der Waals surface area contributed by atoms with Gasteiger partial charge in [-0.2, -0.15) is 10.4 Å². The molecule has 1 amide bonds. The lowest BCUT2D eigenvalue weighted by Gasteiger charge is -2.32. The van der Waals surface area contributed by atoms with Crippen LogP contribution in [-0.4, -0.2) is 45.7 Å². The quantitative estimate of drug-likeness (QED) is 0.906.